The van der Waals surface area contributed by atoms with Crippen LogP contribution in [0.25, 0.3) is 0 Å². The standard InChI is InChI=1S/C9H14F3NO/c1-13-6-2-3-7(13)5-8(14,4-6)9(10,11)12/h6-7,14H,2-5H2,1H3. The number of hydrogen-bond acceptors (Lipinski definition) is 2. The van der Waals surface area contributed by atoms with E-state index >= 15 is 0 Å². The summed E-state index contributed by atoms with van der Waals surface area (Å²) in [4.78, 5) is 1.97. The fourth-order valence-electron chi connectivity index (χ4n) is 2.68. The molecule has 2 rings (SSSR count). The summed E-state index contributed by atoms with van der Waals surface area (Å²) in [6.45, 7) is 0. The van der Waals surface area contributed by atoms with Crippen LogP contribution in [0.15, 0.2) is 0 Å². The normalized spacial score (nSPS) is 44.4. The van der Waals surface area contributed by atoms with Crippen LogP contribution in [0.5, 0.6) is 0 Å². The van der Waals surface area contributed by atoms with Crippen LogP contribution in [0.1, 0.15) is 25.7 Å². The van der Waals surface area contributed by atoms with Gasteiger partial charge in [-0.3, -0.25) is 0 Å². The SMILES string of the molecule is CN1C2CCC1CC(O)(C(F)(F)F)C2. The van der Waals surface area contributed by atoms with Gasteiger partial charge in [0.2, 0.25) is 0 Å². The first-order chi connectivity index (χ1) is 6.33. The highest BCUT2D eigenvalue weighted by atomic mass is 19.4. The zero-order valence-corrected chi connectivity index (χ0v) is 8.01. The number of hydrogen-bond donors (Lipinski definition) is 1. The topological polar surface area (TPSA) is 23.5 Å². The summed E-state index contributed by atoms with van der Waals surface area (Å²) in [5, 5.41) is 9.55. The van der Waals surface area contributed by atoms with E-state index in [0.717, 1.165) is 12.8 Å². The molecule has 1 N–H and O–H groups in total. The molecule has 0 aromatic carbocycles. The van der Waals surface area contributed by atoms with E-state index in [4.69, 9.17) is 0 Å². The van der Waals surface area contributed by atoms with Crippen molar-refractivity contribution < 1.29 is 18.3 Å². The zero-order valence-electron chi connectivity index (χ0n) is 8.01. The van der Waals surface area contributed by atoms with E-state index < -0.39 is 11.8 Å². The second kappa shape index (κ2) is 2.85. The number of aliphatic hydroxyl groups is 1. The largest absolute Gasteiger partial charge is 0.417 e. The molecule has 2 aliphatic heterocycles. The first kappa shape index (κ1) is 10.2. The average molecular weight is 209 g/mol. The van der Waals surface area contributed by atoms with Crippen molar-refractivity contribution in [1.29, 1.82) is 0 Å². The lowest BCUT2D eigenvalue weighted by atomic mass is 9.86. The zero-order chi connectivity index (χ0) is 10.6. The van der Waals surface area contributed by atoms with E-state index in [1.807, 2.05) is 11.9 Å². The predicted molar refractivity (Wildman–Crippen MR) is 44.8 cm³/mol. The summed E-state index contributed by atoms with van der Waals surface area (Å²) in [6, 6.07) is -0.194. The van der Waals surface area contributed by atoms with E-state index in [0.29, 0.717) is 0 Å². The third-order valence-corrected chi connectivity index (χ3v) is 3.66. The first-order valence-electron chi connectivity index (χ1n) is 4.84. The van der Waals surface area contributed by atoms with E-state index in [-0.39, 0.29) is 24.9 Å². The van der Waals surface area contributed by atoms with Gasteiger partial charge in [-0.05, 0) is 19.9 Å². The quantitative estimate of drug-likeness (QED) is 0.654. The molecule has 2 aliphatic rings. The summed E-state index contributed by atoms with van der Waals surface area (Å²) in [5.74, 6) is 0. The van der Waals surface area contributed by atoms with Crippen LogP contribution in [-0.2, 0) is 0 Å². The summed E-state index contributed by atoms with van der Waals surface area (Å²) < 4.78 is 37.7. The van der Waals surface area contributed by atoms with Gasteiger partial charge < -0.3 is 10.0 Å². The molecule has 5 heteroatoms. The van der Waals surface area contributed by atoms with Crippen LogP contribution in [0.2, 0.25) is 0 Å². The van der Waals surface area contributed by atoms with Gasteiger partial charge in [0.1, 0.15) is 0 Å². The van der Waals surface area contributed by atoms with Crippen molar-refractivity contribution in [3.05, 3.63) is 0 Å². The third kappa shape index (κ3) is 1.34. The molecule has 0 saturated carbocycles. The van der Waals surface area contributed by atoms with E-state index in [1.165, 1.54) is 0 Å². The van der Waals surface area contributed by atoms with Gasteiger partial charge in [0.05, 0.1) is 0 Å². The molecule has 14 heavy (non-hydrogen) atoms. The Morgan fingerprint density at radius 2 is 1.64 bits per heavy atom. The van der Waals surface area contributed by atoms with Crippen molar-refractivity contribution in [2.24, 2.45) is 0 Å². The van der Waals surface area contributed by atoms with Crippen molar-refractivity contribution in [3.8, 4) is 0 Å². The monoisotopic (exact) mass is 209 g/mol. The summed E-state index contributed by atoms with van der Waals surface area (Å²) in [7, 11) is 1.85. The minimum Gasteiger partial charge on any atom is -0.380 e. The molecule has 0 amide bonds. The van der Waals surface area contributed by atoms with Crippen molar-refractivity contribution in [2.75, 3.05) is 7.05 Å². The Bertz CT molecular complexity index is 227. The number of alkyl halides is 3. The molecule has 2 nitrogen and oxygen atoms in total. The van der Waals surface area contributed by atoms with Gasteiger partial charge in [0, 0.05) is 24.9 Å². The predicted octanol–water partition coefficient (Wildman–Crippen LogP) is 1.54. The number of nitrogens with zero attached hydrogens (tertiary/aromatic N) is 1. The van der Waals surface area contributed by atoms with Gasteiger partial charge in [-0.1, -0.05) is 0 Å². The molecule has 2 atom stereocenters. The van der Waals surface area contributed by atoms with Gasteiger partial charge >= 0.3 is 6.18 Å². The summed E-state index contributed by atoms with van der Waals surface area (Å²) in [6.07, 6.45) is -3.25. The van der Waals surface area contributed by atoms with Crippen molar-refractivity contribution in [1.82, 2.24) is 4.90 Å². The maximum absolute atomic E-state index is 12.6. The van der Waals surface area contributed by atoms with Gasteiger partial charge in [-0.15, -0.1) is 0 Å². The fourth-order valence-corrected chi connectivity index (χ4v) is 2.68. The lowest BCUT2D eigenvalue weighted by Crippen LogP contribution is -2.56. The van der Waals surface area contributed by atoms with Gasteiger partial charge in [0.15, 0.2) is 5.60 Å². The van der Waals surface area contributed by atoms with E-state index in [1.54, 1.807) is 0 Å². The smallest absolute Gasteiger partial charge is 0.380 e. The third-order valence-electron chi connectivity index (χ3n) is 3.66. The second-order valence-electron chi connectivity index (χ2n) is 4.49. The van der Waals surface area contributed by atoms with Crippen LogP contribution >= 0.6 is 0 Å². The van der Waals surface area contributed by atoms with Gasteiger partial charge in [-0.2, -0.15) is 13.2 Å². The molecule has 0 aromatic heterocycles. The van der Waals surface area contributed by atoms with E-state index in [2.05, 4.69) is 0 Å². The van der Waals surface area contributed by atoms with Crippen molar-refractivity contribution >= 4 is 0 Å². The fraction of sp³-hybridized carbons (Fsp3) is 1.00. The minimum absolute atomic E-state index is 0.0969. The molecular weight excluding hydrogens is 195 g/mol. The Morgan fingerprint density at radius 1 is 1.21 bits per heavy atom. The molecule has 2 heterocycles. The van der Waals surface area contributed by atoms with Crippen LogP contribution in [-0.4, -0.2) is 40.9 Å². The molecule has 2 bridgehead atoms. The average Bonchev–Trinajstić information content (AvgIpc) is 2.32. The summed E-state index contributed by atoms with van der Waals surface area (Å²) >= 11 is 0. The number of halogens is 3. The lowest BCUT2D eigenvalue weighted by Gasteiger charge is -2.42. The Morgan fingerprint density at radius 3 is 2.00 bits per heavy atom. The van der Waals surface area contributed by atoms with Crippen LogP contribution < -0.4 is 0 Å². The highest BCUT2D eigenvalue weighted by Gasteiger charge is 2.59. The molecule has 0 spiro atoms. The van der Waals surface area contributed by atoms with Gasteiger partial charge in [0.25, 0.3) is 0 Å². The highest BCUT2D eigenvalue weighted by Crippen LogP contribution is 2.47. The minimum atomic E-state index is -4.48. The number of fused-ring (bicyclic) bond motifs is 2. The Labute approximate surface area is 80.7 Å². The highest BCUT2D eigenvalue weighted by molar-refractivity contribution is 5.03. The van der Waals surface area contributed by atoms with E-state index in [9.17, 15) is 18.3 Å². The molecule has 0 radical (unpaired) electrons. The van der Waals surface area contributed by atoms with Crippen LogP contribution in [0.4, 0.5) is 13.2 Å². The van der Waals surface area contributed by atoms with Crippen LogP contribution in [0.3, 0.4) is 0 Å². The maximum Gasteiger partial charge on any atom is 0.417 e. The van der Waals surface area contributed by atoms with Crippen molar-refractivity contribution in [3.63, 3.8) is 0 Å². The Kier molecular flexibility index (Phi) is 2.09. The molecule has 0 aliphatic carbocycles. The molecule has 82 valence electrons. The maximum atomic E-state index is 12.6. The molecule has 0 aromatic rings. The molecular formula is C9H14F3NO. The van der Waals surface area contributed by atoms with Crippen molar-refractivity contribution in [2.45, 2.75) is 49.5 Å². The summed E-state index contributed by atoms with van der Waals surface area (Å²) in [5.41, 5.74) is -2.44. The number of piperidine rings is 1. The molecule has 2 unspecified atom stereocenters. The Hall–Kier alpha value is -0.290. The number of rotatable bonds is 0. The Balaban J connectivity index is 2.20. The van der Waals surface area contributed by atoms with Crippen LogP contribution in [0, 0.1) is 0 Å². The molecule has 2 saturated heterocycles. The van der Waals surface area contributed by atoms with Gasteiger partial charge in [-0.25, -0.2) is 0 Å². The first-order valence-corrected chi connectivity index (χ1v) is 4.84. The second-order valence-corrected chi connectivity index (χ2v) is 4.49. The lowest BCUT2D eigenvalue weighted by molar-refractivity contribution is -0.278. The molecule has 2 fully saturated rings.